The summed E-state index contributed by atoms with van der Waals surface area (Å²) in [6, 6.07) is 1.73. The van der Waals surface area contributed by atoms with Gasteiger partial charge in [-0.2, -0.15) is 0 Å². The standard InChI is InChI=1S/C12H12Cl2N4O/c1-7(2)18-6-8(13)3-9(18)12(19)17-11-5-15-4-10(14)16-11/h3-7H,1-2H3,(H,16,17,19). The van der Waals surface area contributed by atoms with E-state index in [1.807, 2.05) is 13.8 Å². The molecule has 0 aliphatic rings. The molecule has 1 N–H and O–H groups in total. The number of anilines is 1. The third kappa shape index (κ3) is 3.24. The molecule has 0 radical (unpaired) electrons. The lowest BCUT2D eigenvalue weighted by molar-refractivity contribution is 0.101. The molecule has 2 aromatic heterocycles. The first kappa shape index (κ1) is 13.8. The first-order valence-electron chi connectivity index (χ1n) is 5.63. The SMILES string of the molecule is CC(C)n1cc(Cl)cc1C(=O)Nc1cncc(Cl)n1. The largest absolute Gasteiger partial charge is 0.339 e. The Morgan fingerprint density at radius 3 is 2.74 bits per heavy atom. The number of halogens is 2. The molecule has 0 bridgehead atoms. The van der Waals surface area contributed by atoms with Crippen LogP contribution in [0.5, 0.6) is 0 Å². The quantitative estimate of drug-likeness (QED) is 0.944. The second kappa shape index (κ2) is 5.59. The van der Waals surface area contributed by atoms with Gasteiger partial charge in [-0.25, -0.2) is 4.98 Å². The van der Waals surface area contributed by atoms with Gasteiger partial charge in [-0.15, -0.1) is 0 Å². The molecular formula is C12H12Cl2N4O. The van der Waals surface area contributed by atoms with Gasteiger partial charge in [0.25, 0.3) is 5.91 Å². The molecule has 2 aromatic rings. The number of hydrogen-bond donors (Lipinski definition) is 1. The maximum atomic E-state index is 12.2. The monoisotopic (exact) mass is 298 g/mol. The third-order valence-electron chi connectivity index (χ3n) is 2.45. The van der Waals surface area contributed by atoms with Crippen molar-refractivity contribution < 1.29 is 4.79 Å². The molecule has 0 saturated carbocycles. The molecule has 0 fully saturated rings. The number of rotatable bonds is 3. The van der Waals surface area contributed by atoms with Crippen LogP contribution in [0.3, 0.4) is 0 Å². The number of carbonyl (C=O) groups excluding carboxylic acids is 1. The number of hydrogen-bond acceptors (Lipinski definition) is 3. The van der Waals surface area contributed by atoms with Gasteiger partial charge in [-0.1, -0.05) is 23.2 Å². The normalized spacial score (nSPS) is 10.8. The van der Waals surface area contributed by atoms with Gasteiger partial charge < -0.3 is 9.88 Å². The van der Waals surface area contributed by atoms with Gasteiger partial charge in [-0.3, -0.25) is 9.78 Å². The molecule has 0 aromatic carbocycles. The van der Waals surface area contributed by atoms with E-state index in [0.717, 1.165) is 0 Å². The van der Waals surface area contributed by atoms with E-state index in [-0.39, 0.29) is 17.1 Å². The minimum absolute atomic E-state index is 0.124. The van der Waals surface area contributed by atoms with E-state index >= 15 is 0 Å². The number of nitrogens with one attached hydrogen (secondary N) is 1. The summed E-state index contributed by atoms with van der Waals surface area (Å²) in [6.07, 6.45) is 4.53. The van der Waals surface area contributed by atoms with E-state index in [9.17, 15) is 4.79 Å². The van der Waals surface area contributed by atoms with E-state index in [4.69, 9.17) is 23.2 Å². The summed E-state index contributed by atoms with van der Waals surface area (Å²) in [7, 11) is 0. The van der Waals surface area contributed by atoms with Crippen LogP contribution in [0.25, 0.3) is 0 Å². The van der Waals surface area contributed by atoms with E-state index in [2.05, 4.69) is 15.3 Å². The minimum Gasteiger partial charge on any atom is -0.339 e. The molecule has 1 amide bonds. The highest BCUT2D eigenvalue weighted by Crippen LogP contribution is 2.20. The molecule has 0 atom stereocenters. The van der Waals surface area contributed by atoms with Gasteiger partial charge in [-0.05, 0) is 19.9 Å². The lowest BCUT2D eigenvalue weighted by Crippen LogP contribution is -2.18. The molecule has 19 heavy (non-hydrogen) atoms. The van der Waals surface area contributed by atoms with Crippen LogP contribution in [-0.4, -0.2) is 20.4 Å². The number of carbonyl (C=O) groups is 1. The lowest BCUT2D eigenvalue weighted by atomic mass is 10.3. The molecule has 2 rings (SSSR count). The van der Waals surface area contributed by atoms with Crippen molar-refractivity contribution in [2.45, 2.75) is 19.9 Å². The van der Waals surface area contributed by atoms with Crippen LogP contribution in [-0.2, 0) is 0 Å². The Bertz CT molecular complexity index is 610. The van der Waals surface area contributed by atoms with Crippen molar-refractivity contribution in [2.75, 3.05) is 5.32 Å². The Morgan fingerprint density at radius 2 is 2.11 bits per heavy atom. The predicted octanol–water partition coefficient (Wildman–Crippen LogP) is 3.42. The van der Waals surface area contributed by atoms with Gasteiger partial charge in [0, 0.05) is 12.2 Å². The van der Waals surface area contributed by atoms with Crippen LogP contribution in [0, 0.1) is 0 Å². The van der Waals surface area contributed by atoms with Crippen LogP contribution >= 0.6 is 23.2 Å². The summed E-state index contributed by atoms with van der Waals surface area (Å²) >= 11 is 11.6. The van der Waals surface area contributed by atoms with Crippen molar-refractivity contribution in [3.05, 3.63) is 40.5 Å². The summed E-state index contributed by atoms with van der Waals surface area (Å²) in [5.74, 6) is -0.0118. The van der Waals surface area contributed by atoms with Crippen molar-refractivity contribution in [1.82, 2.24) is 14.5 Å². The van der Waals surface area contributed by atoms with Crippen LogP contribution in [0.2, 0.25) is 10.2 Å². The molecule has 100 valence electrons. The molecular weight excluding hydrogens is 287 g/mol. The second-order valence-corrected chi connectivity index (χ2v) is 5.05. The topological polar surface area (TPSA) is 59.8 Å². The predicted molar refractivity (Wildman–Crippen MR) is 74.8 cm³/mol. The highest BCUT2D eigenvalue weighted by molar-refractivity contribution is 6.31. The second-order valence-electron chi connectivity index (χ2n) is 4.23. The molecule has 0 aliphatic heterocycles. The van der Waals surface area contributed by atoms with Crippen molar-refractivity contribution in [1.29, 1.82) is 0 Å². The number of aromatic nitrogens is 3. The van der Waals surface area contributed by atoms with Crippen LogP contribution in [0.1, 0.15) is 30.4 Å². The summed E-state index contributed by atoms with van der Waals surface area (Å²) in [6.45, 7) is 3.93. The van der Waals surface area contributed by atoms with Crippen LogP contribution in [0.15, 0.2) is 24.7 Å². The Kier molecular flexibility index (Phi) is 4.07. The number of nitrogens with zero attached hydrogens (tertiary/aromatic N) is 3. The summed E-state index contributed by atoms with van der Waals surface area (Å²) in [5.41, 5.74) is 0.460. The molecule has 7 heteroatoms. The minimum atomic E-state index is -0.308. The van der Waals surface area contributed by atoms with E-state index in [1.165, 1.54) is 12.4 Å². The average Bonchev–Trinajstić information content (AvgIpc) is 2.71. The fourth-order valence-corrected chi connectivity index (χ4v) is 1.99. The zero-order chi connectivity index (χ0) is 14.0. The fourth-order valence-electron chi connectivity index (χ4n) is 1.64. The molecule has 5 nitrogen and oxygen atoms in total. The molecule has 0 spiro atoms. The molecule has 0 aliphatic carbocycles. The Balaban J connectivity index is 2.25. The summed E-state index contributed by atoms with van der Waals surface area (Å²) < 4.78 is 1.79. The Hall–Kier alpha value is -1.59. The van der Waals surface area contributed by atoms with Gasteiger partial charge in [0.2, 0.25) is 0 Å². The van der Waals surface area contributed by atoms with Gasteiger partial charge >= 0.3 is 0 Å². The van der Waals surface area contributed by atoms with Gasteiger partial charge in [0.1, 0.15) is 10.8 Å². The first-order chi connectivity index (χ1) is 8.97. The van der Waals surface area contributed by atoms with Crippen molar-refractivity contribution in [3.8, 4) is 0 Å². The zero-order valence-corrected chi connectivity index (χ0v) is 11.9. The lowest BCUT2D eigenvalue weighted by Gasteiger charge is -2.12. The smallest absolute Gasteiger partial charge is 0.273 e. The van der Waals surface area contributed by atoms with Gasteiger partial charge in [0.15, 0.2) is 5.82 Å². The van der Waals surface area contributed by atoms with E-state index in [0.29, 0.717) is 16.5 Å². The molecule has 0 saturated heterocycles. The first-order valence-corrected chi connectivity index (χ1v) is 6.39. The van der Waals surface area contributed by atoms with E-state index < -0.39 is 0 Å². The van der Waals surface area contributed by atoms with Crippen molar-refractivity contribution in [2.24, 2.45) is 0 Å². The Labute approximate surface area is 120 Å². The summed E-state index contributed by atoms with van der Waals surface area (Å²) in [5, 5.41) is 3.36. The third-order valence-corrected chi connectivity index (χ3v) is 2.84. The van der Waals surface area contributed by atoms with E-state index in [1.54, 1.807) is 16.8 Å². The van der Waals surface area contributed by atoms with Crippen LogP contribution < -0.4 is 5.32 Å². The maximum absolute atomic E-state index is 12.2. The zero-order valence-electron chi connectivity index (χ0n) is 10.4. The molecule has 0 unspecified atom stereocenters. The Morgan fingerprint density at radius 1 is 1.37 bits per heavy atom. The molecule has 2 heterocycles. The maximum Gasteiger partial charge on any atom is 0.273 e. The highest BCUT2D eigenvalue weighted by atomic mass is 35.5. The van der Waals surface area contributed by atoms with Gasteiger partial charge in [0.05, 0.1) is 17.4 Å². The average molecular weight is 299 g/mol. The fraction of sp³-hybridized carbons (Fsp3) is 0.250. The highest BCUT2D eigenvalue weighted by Gasteiger charge is 2.15. The van der Waals surface area contributed by atoms with Crippen LogP contribution in [0.4, 0.5) is 5.82 Å². The summed E-state index contributed by atoms with van der Waals surface area (Å²) in [4.78, 5) is 20.0. The number of amides is 1. The van der Waals surface area contributed by atoms with Crippen molar-refractivity contribution in [3.63, 3.8) is 0 Å². The van der Waals surface area contributed by atoms with Crippen molar-refractivity contribution >= 4 is 34.9 Å².